The lowest BCUT2D eigenvalue weighted by Gasteiger charge is -2.15. The van der Waals surface area contributed by atoms with Gasteiger partial charge in [-0.1, -0.05) is 32.4 Å². The molecule has 1 aromatic carbocycles. The Balaban J connectivity index is 2.54. The molecule has 0 fully saturated rings. The van der Waals surface area contributed by atoms with Gasteiger partial charge in [-0.05, 0) is 36.5 Å². The highest BCUT2D eigenvalue weighted by Gasteiger charge is 2.15. The molecule has 3 nitrogen and oxygen atoms in total. The van der Waals surface area contributed by atoms with Gasteiger partial charge < -0.3 is 10.5 Å². The van der Waals surface area contributed by atoms with Gasteiger partial charge in [0.25, 0.3) is 0 Å². The van der Waals surface area contributed by atoms with E-state index in [4.69, 9.17) is 10.5 Å². The Morgan fingerprint density at radius 1 is 1.39 bits per heavy atom. The first-order valence-electron chi connectivity index (χ1n) is 6.68. The minimum absolute atomic E-state index is 0.113. The van der Waals surface area contributed by atoms with Gasteiger partial charge in [0.2, 0.25) is 0 Å². The van der Waals surface area contributed by atoms with Gasteiger partial charge in [0.15, 0.2) is 0 Å². The molecule has 0 radical (unpaired) electrons. The Kier molecular flexibility index (Phi) is 6.26. The third-order valence-electron chi connectivity index (χ3n) is 3.05. The van der Waals surface area contributed by atoms with E-state index in [1.54, 1.807) is 0 Å². The summed E-state index contributed by atoms with van der Waals surface area (Å²) in [5.74, 6) is 0.0837. The third-order valence-corrected chi connectivity index (χ3v) is 3.05. The maximum absolute atomic E-state index is 11.7. The number of ether oxygens (including phenoxy) is 1. The van der Waals surface area contributed by atoms with Gasteiger partial charge in [-0.2, -0.15) is 0 Å². The number of hydrogen-bond acceptors (Lipinski definition) is 3. The fourth-order valence-electron chi connectivity index (χ4n) is 1.90. The van der Waals surface area contributed by atoms with Gasteiger partial charge in [0.1, 0.15) is 0 Å². The van der Waals surface area contributed by atoms with E-state index < -0.39 is 0 Å². The van der Waals surface area contributed by atoms with Crippen LogP contribution >= 0.6 is 0 Å². The van der Waals surface area contributed by atoms with Crippen molar-refractivity contribution in [3.63, 3.8) is 0 Å². The average Bonchev–Trinajstić information content (AvgIpc) is 2.36. The molecule has 0 amide bonds. The number of nitrogens with two attached hydrogens (primary N) is 1. The number of nitrogen functional groups attached to an aromatic ring is 1. The molecule has 0 bridgehead atoms. The van der Waals surface area contributed by atoms with Crippen molar-refractivity contribution in [2.45, 2.75) is 45.4 Å². The fourth-order valence-corrected chi connectivity index (χ4v) is 1.90. The molecule has 0 aliphatic rings. The Morgan fingerprint density at radius 3 is 2.78 bits per heavy atom. The minimum atomic E-state index is -0.113. The number of esters is 1. The lowest BCUT2D eigenvalue weighted by Crippen LogP contribution is -2.11. The van der Waals surface area contributed by atoms with Gasteiger partial charge in [-0.25, -0.2) is 0 Å². The van der Waals surface area contributed by atoms with Crippen LogP contribution < -0.4 is 5.73 Å². The van der Waals surface area contributed by atoms with Crippen molar-refractivity contribution in [1.29, 1.82) is 0 Å². The van der Waals surface area contributed by atoms with Crippen LogP contribution in [0.15, 0.2) is 24.3 Å². The van der Waals surface area contributed by atoms with Crippen molar-refractivity contribution >= 4 is 11.7 Å². The van der Waals surface area contributed by atoms with Crippen LogP contribution in [0.1, 0.15) is 51.0 Å². The summed E-state index contributed by atoms with van der Waals surface area (Å²) in [5, 5.41) is 0. The number of hydrogen-bond donors (Lipinski definition) is 1. The van der Waals surface area contributed by atoms with E-state index in [1.165, 1.54) is 0 Å². The van der Waals surface area contributed by atoms with E-state index >= 15 is 0 Å². The van der Waals surface area contributed by atoms with Crippen LogP contribution in [0, 0.1) is 0 Å². The first-order valence-corrected chi connectivity index (χ1v) is 6.68. The average molecular weight is 249 g/mol. The van der Waals surface area contributed by atoms with Crippen molar-refractivity contribution in [2.75, 3.05) is 12.3 Å². The van der Waals surface area contributed by atoms with Gasteiger partial charge in [0, 0.05) is 5.69 Å². The highest BCUT2D eigenvalue weighted by molar-refractivity contribution is 5.70. The highest BCUT2D eigenvalue weighted by atomic mass is 16.5. The van der Waals surface area contributed by atoms with E-state index in [9.17, 15) is 4.79 Å². The fraction of sp³-hybridized carbons (Fsp3) is 0.533. The number of anilines is 1. The molecule has 0 heterocycles. The number of carbonyl (C=O) groups excluding carboxylic acids is 1. The van der Waals surface area contributed by atoms with Crippen LogP contribution in [0.4, 0.5) is 5.69 Å². The van der Waals surface area contributed by atoms with Gasteiger partial charge in [0.05, 0.1) is 13.0 Å². The SMILES string of the molecule is CCCCOC(=O)CC(CC)c1cccc(N)c1. The first-order chi connectivity index (χ1) is 8.67. The molecule has 18 heavy (non-hydrogen) atoms. The molecule has 1 aromatic rings. The second-order valence-corrected chi connectivity index (χ2v) is 4.55. The van der Waals surface area contributed by atoms with Crippen molar-refractivity contribution in [3.05, 3.63) is 29.8 Å². The molecule has 1 rings (SSSR count). The first kappa shape index (κ1) is 14.6. The molecule has 1 unspecified atom stereocenters. The lowest BCUT2D eigenvalue weighted by atomic mass is 9.93. The maximum Gasteiger partial charge on any atom is 0.306 e. The van der Waals surface area contributed by atoms with Crippen LogP contribution in [-0.4, -0.2) is 12.6 Å². The summed E-state index contributed by atoms with van der Waals surface area (Å²) in [7, 11) is 0. The molecule has 0 saturated heterocycles. The van der Waals surface area contributed by atoms with E-state index in [1.807, 2.05) is 24.3 Å². The zero-order chi connectivity index (χ0) is 13.4. The van der Waals surface area contributed by atoms with E-state index in [-0.39, 0.29) is 11.9 Å². The Hall–Kier alpha value is -1.51. The summed E-state index contributed by atoms with van der Waals surface area (Å²) >= 11 is 0. The quantitative estimate of drug-likeness (QED) is 0.457. The molecule has 0 saturated carbocycles. The third kappa shape index (κ3) is 4.78. The van der Waals surface area contributed by atoms with Crippen LogP contribution in [-0.2, 0) is 9.53 Å². The summed E-state index contributed by atoms with van der Waals surface area (Å²) in [6, 6.07) is 7.74. The molecule has 0 aromatic heterocycles. The Labute approximate surface area is 109 Å². The standard InChI is InChI=1S/C15H23NO2/c1-3-5-9-18-15(17)11-12(4-2)13-7-6-8-14(16)10-13/h6-8,10,12H,3-5,9,11,16H2,1-2H3. The molecule has 3 heteroatoms. The smallest absolute Gasteiger partial charge is 0.306 e. The maximum atomic E-state index is 11.7. The van der Waals surface area contributed by atoms with Gasteiger partial charge in [-0.3, -0.25) is 4.79 Å². The van der Waals surface area contributed by atoms with E-state index in [0.29, 0.717) is 13.0 Å². The lowest BCUT2D eigenvalue weighted by molar-refractivity contribution is -0.144. The van der Waals surface area contributed by atoms with Crippen molar-refractivity contribution < 1.29 is 9.53 Å². The molecule has 1 atom stereocenters. The Bertz CT molecular complexity index is 377. The van der Waals surface area contributed by atoms with Crippen LogP contribution in [0.5, 0.6) is 0 Å². The molecular formula is C15H23NO2. The predicted octanol–water partition coefficient (Wildman–Crippen LogP) is 3.50. The van der Waals surface area contributed by atoms with Gasteiger partial charge >= 0.3 is 5.97 Å². The van der Waals surface area contributed by atoms with Crippen LogP contribution in [0.2, 0.25) is 0 Å². The zero-order valence-electron chi connectivity index (χ0n) is 11.3. The van der Waals surface area contributed by atoms with Gasteiger partial charge in [-0.15, -0.1) is 0 Å². The predicted molar refractivity (Wildman–Crippen MR) is 74.4 cm³/mol. The Morgan fingerprint density at radius 2 is 2.17 bits per heavy atom. The monoisotopic (exact) mass is 249 g/mol. The second-order valence-electron chi connectivity index (χ2n) is 4.55. The summed E-state index contributed by atoms with van der Waals surface area (Å²) in [5.41, 5.74) is 7.62. The highest BCUT2D eigenvalue weighted by Crippen LogP contribution is 2.25. The molecule has 0 aliphatic heterocycles. The molecule has 2 N–H and O–H groups in total. The van der Waals surface area contributed by atoms with E-state index in [2.05, 4.69) is 13.8 Å². The summed E-state index contributed by atoms with van der Waals surface area (Å²) in [4.78, 5) is 11.7. The second kappa shape index (κ2) is 7.75. The van der Waals surface area contributed by atoms with Crippen molar-refractivity contribution in [3.8, 4) is 0 Å². The van der Waals surface area contributed by atoms with Crippen LogP contribution in [0.3, 0.4) is 0 Å². The molecule has 0 aliphatic carbocycles. The summed E-state index contributed by atoms with van der Waals surface area (Å²) in [6.45, 7) is 4.69. The zero-order valence-corrected chi connectivity index (χ0v) is 11.3. The number of benzene rings is 1. The van der Waals surface area contributed by atoms with Crippen LogP contribution in [0.25, 0.3) is 0 Å². The molecular weight excluding hydrogens is 226 g/mol. The largest absolute Gasteiger partial charge is 0.466 e. The summed E-state index contributed by atoms with van der Waals surface area (Å²) < 4.78 is 5.20. The minimum Gasteiger partial charge on any atom is -0.466 e. The van der Waals surface area contributed by atoms with Crippen molar-refractivity contribution in [1.82, 2.24) is 0 Å². The number of rotatable bonds is 7. The topological polar surface area (TPSA) is 52.3 Å². The van der Waals surface area contributed by atoms with E-state index in [0.717, 1.165) is 30.5 Å². The molecule has 100 valence electrons. The number of unbranched alkanes of at least 4 members (excludes halogenated alkanes) is 1. The normalized spacial score (nSPS) is 12.1. The summed E-state index contributed by atoms with van der Waals surface area (Å²) in [6.07, 6.45) is 3.32. The number of carbonyl (C=O) groups is 1. The molecule has 0 spiro atoms. The van der Waals surface area contributed by atoms with Crippen molar-refractivity contribution in [2.24, 2.45) is 0 Å².